The van der Waals surface area contributed by atoms with Crippen LogP contribution in [0.2, 0.25) is 0 Å². The van der Waals surface area contributed by atoms with Gasteiger partial charge in [0.1, 0.15) is 11.5 Å². The van der Waals surface area contributed by atoms with Crippen LogP contribution >= 0.6 is 0 Å². The molecule has 15 heteroatoms. The molecule has 3 aromatic rings. The van der Waals surface area contributed by atoms with Crippen LogP contribution in [0.5, 0.6) is 11.5 Å². The van der Waals surface area contributed by atoms with E-state index in [1.165, 1.54) is 21.6 Å². The quantitative estimate of drug-likeness (QED) is 0.151. The van der Waals surface area contributed by atoms with Crippen LogP contribution < -0.4 is 4.18 Å². The minimum absolute atomic E-state index is 0.461. The van der Waals surface area contributed by atoms with E-state index in [9.17, 15) is 47.9 Å². The Morgan fingerprint density at radius 2 is 1.03 bits per heavy atom. The first-order valence-corrected chi connectivity index (χ1v) is 12.0. The summed E-state index contributed by atoms with van der Waals surface area (Å²) in [4.78, 5) is 2.68. The van der Waals surface area contributed by atoms with E-state index < -0.39 is 44.9 Å². The number of phenols is 1. The van der Waals surface area contributed by atoms with Crippen molar-refractivity contribution >= 4 is 21.9 Å². The molecule has 3 rings (SSSR count). The summed E-state index contributed by atoms with van der Waals surface area (Å²) in [5.41, 5.74) is 0. The fourth-order valence-corrected chi connectivity index (χ4v) is 4.20. The Balaban J connectivity index is 0.000000308. The highest BCUT2D eigenvalue weighted by atomic mass is 32.2. The van der Waals surface area contributed by atoms with Gasteiger partial charge in [-0.1, -0.05) is 36.4 Å². The second-order valence-corrected chi connectivity index (χ2v) is 9.82. The van der Waals surface area contributed by atoms with Gasteiger partial charge in [-0.15, -0.1) is 0 Å². The summed E-state index contributed by atoms with van der Waals surface area (Å²) in [5, 5.41) is 1.91. The molecule has 0 spiro atoms. The van der Waals surface area contributed by atoms with E-state index >= 15 is 0 Å². The third-order valence-electron chi connectivity index (χ3n) is 4.24. The zero-order chi connectivity index (χ0) is 28.1. The molecule has 0 heterocycles. The lowest BCUT2D eigenvalue weighted by molar-refractivity contribution is -0.382. The maximum Gasteiger partial charge on any atom is 0.460 e. The summed E-state index contributed by atoms with van der Waals surface area (Å²) < 4.78 is 139. The third-order valence-corrected chi connectivity index (χ3v) is 6.65. The van der Waals surface area contributed by atoms with E-state index in [4.69, 9.17) is 5.11 Å². The van der Waals surface area contributed by atoms with Crippen LogP contribution in [-0.2, 0) is 21.9 Å². The Bertz CT molecular complexity index is 1210. The van der Waals surface area contributed by atoms with Gasteiger partial charge in [-0.25, -0.2) is 0 Å². The van der Waals surface area contributed by atoms with Gasteiger partial charge >= 0.3 is 33.4 Å². The molecule has 37 heavy (non-hydrogen) atoms. The van der Waals surface area contributed by atoms with Crippen LogP contribution in [0.15, 0.2) is 94.7 Å². The second kappa shape index (κ2) is 11.1. The molecule has 0 unspecified atom stereocenters. The molecule has 0 fully saturated rings. The zero-order valence-corrected chi connectivity index (χ0v) is 19.7. The normalized spacial score (nSPS) is 12.9. The van der Waals surface area contributed by atoms with Crippen LogP contribution in [0.4, 0.5) is 39.5 Å². The topological polar surface area (TPSA) is 63.6 Å². The highest BCUT2D eigenvalue weighted by molar-refractivity contribution is 7.88. The first-order chi connectivity index (χ1) is 16.9. The lowest BCUT2D eigenvalue weighted by Crippen LogP contribution is -2.63. The van der Waals surface area contributed by atoms with Crippen molar-refractivity contribution in [3.05, 3.63) is 84.9 Å². The number of alkyl halides is 9. The van der Waals surface area contributed by atoms with Gasteiger partial charge in [-0.05, 0) is 48.5 Å². The fraction of sp³-hybridized carbons (Fsp3) is 0.182. The SMILES string of the molecule is O=S(=O)(Oc1ccc(O)cc1)C(F)(F)C(F)(F)C(F)(F)C(F)(F)F.c1ccc([SH+]c2ccccc2)cc1. The van der Waals surface area contributed by atoms with Crippen molar-refractivity contribution in [3.8, 4) is 11.5 Å². The van der Waals surface area contributed by atoms with E-state index in [-0.39, 0.29) is 0 Å². The van der Waals surface area contributed by atoms with Crippen LogP contribution in [0.3, 0.4) is 0 Å². The molecule has 0 atom stereocenters. The van der Waals surface area contributed by atoms with Crippen LogP contribution in [0.25, 0.3) is 0 Å². The maximum absolute atomic E-state index is 13.3. The molecular formula is C22H16F9O4S2+. The molecule has 0 radical (unpaired) electrons. The van der Waals surface area contributed by atoms with Crippen LogP contribution in [0, 0.1) is 0 Å². The van der Waals surface area contributed by atoms with Gasteiger partial charge in [0.2, 0.25) is 0 Å². The summed E-state index contributed by atoms with van der Waals surface area (Å²) in [5.74, 6) is -16.4. The Morgan fingerprint density at radius 3 is 1.41 bits per heavy atom. The summed E-state index contributed by atoms with van der Waals surface area (Å²) in [6.45, 7) is 0. The molecule has 0 amide bonds. The third kappa shape index (κ3) is 6.83. The number of halogens is 9. The average Bonchev–Trinajstić information content (AvgIpc) is 2.81. The Kier molecular flexibility index (Phi) is 9.07. The van der Waals surface area contributed by atoms with Gasteiger partial charge in [-0.3, -0.25) is 0 Å². The molecule has 202 valence electrons. The fourth-order valence-electron chi connectivity index (χ4n) is 2.35. The van der Waals surface area contributed by atoms with Gasteiger partial charge in [0.05, 0.1) is 0 Å². The predicted molar refractivity (Wildman–Crippen MR) is 117 cm³/mol. The van der Waals surface area contributed by atoms with Crippen LogP contribution in [-0.4, -0.2) is 36.8 Å². The molecule has 0 aromatic heterocycles. The molecule has 4 nitrogen and oxygen atoms in total. The summed E-state index contributed by atoms with van der Waals surface area (Å²) >= 11 is 1.28. The van der Waals surface area contributed by atoms with Gasteiger partial charge in [0.25, 0.3) is 0 Å². The first kappa shape index (κ1) is 30.2. The molecule has 3 aromatic carbocycles. The van der Waals surface area contributed by atoms with Gasteiger partial charge in [0.15, 0.2) is 9.79 Å². The highest BCUT2D eigenvalue weighted by Gasteiger charge is 2.86. The van der Waals surface area contributed by atoms with E-state index in [1.807, 2.05) is 12.1 Å². The van der Waals surface area contributed by atoms with Crippen molar-refractivity contribution in [1.82, 2.24) is 0 Å². The van der Waals surface area contributed by atoms with E-state index in [0.29, 0.717) is 24.3 Å². The van der Waals surface area contributed by atoms with Crippen molar-refractivity contribution < 1.29 is 57.2 Å². The van der Waals surface area contributed by atoms with Gasteiger partial charge < -0.3 is 9.29 Å². The molecule has 0 saturated heterocycles. The monoisotopic (exact) mass is 579 g/mol. The van der Waals surface area contributed by atoms with Crippen molar-refractivity contribution in [1.29, 1.82) is 0 Å². The molecular weight excluding hydrogens is 563 g/mol. The number of aromatic hydroxyl groups is 1. The molecule has 0 aliphatic heterocycles. The zero-order valence-electron chi connectivity index (χ0n) is 18.0. The Morgan fingerprint density at radius 1 is 0.622 bits per heavy atom. The number of rotatable bonds is 7. The standard InChI is InChI=1S/C12H10S.C10H5F9O4S/c1-3-7-11(8-4-1)13-12-9-5-2-6-10-12;11-7(12,9(15,16)17)8(13,14)10(18,19)24(21,22)23-6-3-1-5(20)2-4-6/h1-10H;1-4,20H/p+1. The molecule has 0 aliphatic rings. The van der Waals surface area contributed by atoms with Crippen molar-refractivity contribution in [3.63, 3.8) is 0 Å². The lowest BCUT2D eigenvalue weighted by atomic mass is 10.1. The smallest absolute Gasteiger partial charge is 0.460 e. The first-order valence-electron chi connectivity index (χ1n) is 9.67. The summed E-state index contributed by atoms with van der Waals surface area (Å²) in [6, 6.07) is 23.2. The van der Waals surface area contributed by atoms with Gasteiger partial charge in [-0.2, -0.15) is 47.9 Å². The average molecular weight is 579 g/mol. The molecule has 1 N–H and O–H groups in total. The number of thiol groups is 1. The van der Waals surface area contributed by atoms with E-state index in [1.54, 1.807) is 0 Å². The minimum atomic E-state index is -7.37. The van der Waals surface area contributed by atoms with Crippen LogP contribution in [0.1, 0.15) is 0 Å². The van der Waals surface area contributed by atoms with Crippen molar-refractivity contribution in [2.75, 3.05) is 0 Å². The summed E-state index contributed by atoms with van der Waals surface area (Å²) in [6.07, 6.45) is -7.16. The second-order valence-electron chi connectivity index (χ2n) is 6.98. The van der Waals surface area contributed by atoms with Gasteiger partial charge in [0, 0.05) is 11.8 Å². The minimum Gasteiger partial charge on any atom is -0.508 e. The Labute approximate surface area is 208 Å². The predicted octanol–water partition coefficient (Wildman–Crippen LogP) is 6.45. The number of hydrogen-bond acceptors (Lipinski definition) is 4. The van der Waals surface area contributed by atoms with E-state index in [2.05, 4.69) is 52.7 Å². The largest absolute Gasteiger partial charge is 0.508 e. The van der Waals surface area contributed by atoms with E-state index in [0.717, 1.165) is 0 Å². The molecule has 0 bridgehead atoms. The van der Waals surface area contributed by atoms with Crippen molar-refractivity contribution in [2.45, 2.75) is 33.1 Å². The summed E-state index contributed by atoms with van der Waals surface area (Å²) in [7, 11) is -6.97. The number of hydrogen-bond donors (Lipinski definition) is 1. The molecule has 0 saturated carbocycles. The maximum atomic E-state index is 13.3. The lowest BCUT2D eigenvalue weighted by Gasteiger charge is -2.32. The number of phenolic OH excluding ortho intramolecular Hbond substituents is 1. The molecule has 0 aliphatic carbocycles. The Hall–Kier alpha value is -3.07. The highest BCUT2D eigenvalue weighted by Crippen LogP contribution is 2.54. The number of benzene rings is 3. The van der Waals surface area contributed by atoms with Crippen molar-refractivity contribution in [2.24, 2.45) is 0 Å².